The van der Waals surface area contributed by atoms with Gasteiger partial charge in [-0.3, -0.25) is 9.88 Å². The van der Waals surface area contributed by atoms with E-state index in [1.807, 2.05) is 36.7 Å². The van der Waals surface area contributed by atoms with Crippen LogP contribution < -0.4 is 5.32 Å². The van der Waals surface area contributed by atoms with Crippen LogP contribution in [0.3, 0.4) is 0 Å². The molecule has 3 nitrogen and oxygen atoms in total. The number of nitrogens with one attached hydrogen (secondary N) is 1. The Morgan fingerprint density at radius 3 is 2.80 bits per heavy atom. The van der Waals surface area contributed by atoms with Gasteiger partial charge in [-0.2, -0.15) is 0 Å². The normalized spacial score (nSPS) is 19.9. The first-order valence-corrected chi connectivity index (χ1v) is 6.92. The van der Waals surface area contributed by atoms with Crippen molar-refractivity contribution < 1.29 is 4.39 Å². The minimum atomic E-state index is -0.125. The van der Waals surface area contributed by atoms with E-state index >= 15 is 0 Å². The number of nitrogens with zero attached hydrogens (tertiary/aromatic N) is 2. The van der Waals surface area contributed by atoms with Crippen LogP contribution in [0.25, 0.3) is 0 Å². The van der Waals surface area contributed by atoms with Crippen molar-refractivity contribution in [2.45, 2.75) is 12.6 Å². The molecule has 1 N–H and O–H groups in total. The van der Waals surface area contributed by atoms with Gasteiger partial charge in [0.2, 0.25) is 0 Å². The van der Waals surface area contributed by atoms with E-state index < -0.39 is 0 Å². The average Bonchev–Trinajstić information content (AvgIpc) is 2.51. The van der Waals surface area contributed by atoms with Crippen LogP contribution in [0.2, 0.25) is 0 Å². The molecule has 2 aromatic rings. The molecule has 2 heterocycles. The van der Waals surface area contributed by atoms with E-state index in [1.54, 1.807) is 6.07 Å². The Balaban J connectivity index is 1.81. The van der Waals surface area contributed by atoms with Crippen molar-refractivity contribution in [3.8, 4) is 0 Å². The maximum atomic E-state index is 13.8. The molecule has 1 aromatic heterocycles. The zero-order valence-corrected chi connectivity index (χ0v) is 11.3. The summed E-state index contributed by atoms with van der Waals surface area (Å²) in [6.45, 7) is 3.39. The minimum absolute atomic E-state index is 0.125. The number of halogens is 1. The SMILES string of the molecule is Fc1ccccc1CN1CCNCC1c1ccncc1. The van der Waals surface area contributed by atoms with Gasteiger partial charge in [0.25, 0.3) is 0 Å². The summed E-state index contributed by atoms with van der Waals surface area (Å²) >= 11 is 0. The van der Waals surface area contributed by atoms with Crippen LogP contribution in [0.15, 0.2) is 48.8 Å². The van der Waals surface area contributed by atoms with Crippen molar-refractivity contribution >= 4 is 0 Å². The summed E-state index contributed by atoms with van der Waals surface area (Å²) in [6.07, 6.45) is 3.62. The van der Waals surface area contributed by atoms with E-state index in [2.05, 4.69) is 15.2 Å². The lowest BCUT2D eigenvalue weighted by atomic mass is 10.0. The maximum absolute atomic E-state index is 13.8. The average molecular weight is 271 g/mol. The van der Waals surface area contributed by atoms with Crippen molar-refractivity contribution in [2.75, 3.05) is 19.6 Å². The van der Waals surface area contributed by atoms with Crippen molar-refractivity contribution in [1.82, 2.24) is 15.2 Å². The van der Waals surface area contributed by atoms with Crippen LogP contribution in [-0.2, 0) is 6.54 Å². The van der Waals surface area contributed by atoms with Crippen molar-refractivity contribution in [3.05, 3.63) is 65.7 Å². The number of benzene rings is 1. The van der Waals surface area contributed by atoms with Crippen molar-refractivity contribution in [2.24, 2.45) is 0 Å². The molecule has 1 saturated heterocycles. The van der Waals surface area contributed by atoms with Crippen molar-refractivity contribution in [3.63, 3.8) is 0 Å². The zero-order chi connectivity index (χ0) is 13.8. The van der Waals surface area contributed by atoms with Gasteiger partial charge < -0.3 is 5.32 Å². The van der Waals surface area contributed by atoms with Crippen LogP contribution in [0, 0.1) is 5.82 Å². The summed E-state index contributed by atoms with van der Waals surface area (Å²) in [5, 5.41) is 3.41. The number of hydrogen-bond donors (Lipinski definition) is 1. The van der Waals surface area contributed by atoms with Gasteiger partial charge in [0.1, 0.15) is 5.82 Å². The van der Waals surface area contributed by atoms with Gasteiger partial charge in [0, 0.05) is 50.2 Å². The number of piperazine rings is 1. The highest BCUT2D eigenvalue weighted by molar-refractivity contribution is 5.20. The molecule has 0 amide bonds. The lowest BCUT2D eigenvalue weighted by Gasteiger charge is -2.36. The Morgan fingerprint density at radius 2 is 2.00 bits per heavy atom. The first-order valence-electron chi connectivity index (χ1n) is 6.92. The number of pyridine rings is 1. The van der Waals surface area contributed by atoms with Crippen molar-refractivity contribution in [1.29, 1.82) is 0 Å². The molecule has 4 heteroatoms. The highest BCUT2D eigenvalue weighted by Crippen LogP contribution is 2.24. The fourth-order valence-electron chi connectivity index (χ4n) is 2.70. The third kappa shape index (κ3) is 2.86. The lowest BCUT2D eigenvalue weighted by molar-refractivity contribution is 0.152. The second-order valence-corrected chi connectivity index (χ2v) is 5.06. The van der Waals surface area contributed by atoms with Crippen LogP contribution in [0.5, 0.6) is 0 Å². The van der Waals surface area contributed by atoms with Gasteiger partial charge >= 0.3 is 0 Å². The van der Waals surface area contributed by atoms with E-state index in [0.29, 0.717) is 6.54 Å². The summed E-state index contributed by atoms with van der Waals surface area (Å²) in [4.78, 5) is 6.39. The maximum Gasteiger partial charge on any atom is 0.127 e. The van der Waals surface area contributed by atoms with Gasteiger partial charge in [-0.25, -0.2) is 4.39 Å². The van der Waals surface area contributed by atoms with Crippen LogP contribution >= 0.6 is 0 Å². The van der Waals surface area contributed by atoms with Crippen LogP contribution in [-0.4, -0.2) is 29.5 Å². The molecule has 0 aliphatic carbocycles. The smallest absolute Gasteiger partial charge is 0.127 e. The summed E-state index contributed by atoms with van der Waals surface area (Å²) in [7, 11) is 0. The van der Waals surface area contributed by atoms with Crippen LogP contribution in [0.1, 0.15) is 17.2 Å². The third-order valence-electron chi connectivity index (χ3n) is 3.78. The van der Waals surface area contributed by atoms with Gasteiger partial charge in [-0.1, -0.05) is 18.2 Å². The predicted molar refractivity (Wildman–Crippen MR) is 76.7 cm³/mol. The molecule has 0 radical (unpaired) electrons. The fourth-order valence-corrected chi connectivity index (χ4v) is 2.70. The molecule has 1 unspecified atom stereocenters. The first kappa shape index (κ1) is 13.2. The lowest BCUT2D eigenvalue weighted by Crippen LogP contribution is -2.45. The minimum Gasteiger partial charge on any atom is -0.314 e. The molecule has 1 fully saturated rings. The van der Waals surface area contributed by atoms with E-state index in [1.165, 1.54) is 11.6 Å². The van der Waals surface area contributed by atoms with E-state index in [9.17, 15) is 4.39 Å². The summed E-state index contributed by atoms with van der Waals surface area (Å²) in [5.41, 5.74) is 1.98. The molecule has 0 spiro atoms. The quantitative estimate of drug-likeness (QED) is 0.929. The fraction of sp³-hybridized carbons (Fsp3) is 0.312. The molecular weight excluding hydrogens is 253 g/mol. The molecule has 3 rings (SSSR count). The third-order valence-corrected chi connectivity index (χ3v) is 3.78. The van der Waals surface area contributed by atoms with Gasteiger partial charge in [0.05, 0.1) is 0 Å². The van der Waals surface area contributed by atoms with Gasteiger partial charge in [0.15, 0.2) is 0 Å². The van der Waals surface area contributed by atoms with Gasteiger partial charge in [-0.15, -0.1) is 0 Å². The second-order valence-electron chi connectivity index (χ2n) is 5.06. The number of aromatic nitrogens is 1. The highest BCUT2D eigenvalue weighted by Gasteiger charge is 2.24. The summed E-state index contributed by atoms with van der Waals surface area (Å²) in [6, 6.07) is 11.4. The standard InChI is InChI=1S/C16H18FN3/c17-15-4-2-1-3-14(15)12-20-10-9-19-11-16(20)13-5-7-18-8-6-13/h1-8,16,19H,9-12H2. The molecule has 104 valence electrons. The Labute approximate surface area is 118 Å². The number of rotatable bonds is 3. The Morgan fingerprint density at radius 1 is 1.20 bits per heavy atom. The molecular formula is C16H18FN3. The largest absolute Gasteiger partial charge is 0.314 e. The Kier molecular flexibility index (Phi) is 4.04. The molecule has 1 aliphatic rings. The first-order chi connectivity index (χ1) is 9.84. The summed E-state index contributed by atoms with van der Waals surface area (Å²) < 4.78 is 13.8. The summed E-state index contributed by atoms with van der Waals surface area (Å²) in [5.74, 6) is -0.125. The van der Waals surface area contributed by atoms with Gasteiger partial charge in [-0.05, 0) is 23.8 Å². The molecule has 1 aliphatic heterocycles. The van der Waals surface area contributed by atoms with E-state index in [4.69, 9.17) is 0 Å². The number of hydrogen-bond acceptors (Lipinski definition) is 3. The monoisotopic (exact) mass is 271 g/mol. The van der Waals surface area contributed by atoms with E-state index in [0.717, 1.165) is 25.2 Å². The van der Waals surface area contributed by atoms with E-state index in [-0.39, 0.29) is 11.9 Å². The molecule has 0 bridgehead atoms. The molecule has 0 saturated carbocycles. The molecule has 20 heavy (non-hydrogen) atoms. The topological polar surface area (TPSA) is 28.2 Å². The predicted octanol–water partition coefficient (Wildman–Crippen LogP) is 2.37. The highest BCUT2D eigenvalue weighted by atomic mass is 19.1. The molecule has 1 aromatic carbocycles. The Hall–Kier alpha value is -1.78. The zero-order valence-electron chi connectivity index (χ0n) is 11.3. The second kappa shape index (κ2) is 6.11. The Bertz CT molecular complexity index is 559. The van der Waals surface area contributed by atoms with Crippen LogP contribution in [0.4, 0.5) is 4.39 Å². The molecule has 1 atom stereocenters.